The first kappa shape index (κ1) is 22.9. The summed E-state index contributed by atoms with van der Waals surface area (Å²) in [6, 6.07) is 12.5. The number of hydrogen-bond acceptors (Lipinski definition) is 5. The van der Waals surface area contributed by atoms with Gasteiger partial charge in [0.05, 0.1) is 19.1 Å². The summed E-state index contributed by atoms with van der Waals surface area (Å²) in [5.41, 5.74) is 2.36. The molecular formula is C22H29N3O5S. The molecule has 1 fully saturated rings. The molecule has 0 atom stereocenters. The molecule has 1 N–H and O–H groups in total. The highest BCUT2D eigenvalue weighted by Crippen LogP contribution is 2.30. The number of rotatable bonds is 7. The lowest BCUT2D eigenvalue weighted by molar-refractivity contribution is 0.172. The Morgan fingerprint density at radius 1 is 1.00 bits per heavy atom. The summed E-state index contributed by atoms with van der Waals surface area (Å²) in [4.78, 5) is 14.2. The van der Waals surface area contributed by atoms with Gasteiger partial charge < -0.3 is 19.7 Å². The highest BCUT2D eigenvalue weighted by Gasteiger charge is 2.30. The van der Waals surface area contributed by atoms with E-state index in [-0.39, 0.29) is 24.0 Å². The van der Waals surface area contributed by atoms with Gasteiger partial charge in [-0.15, -0.1) is 0 Å². The summed E-state index contributed by atoms with van der Waals surface area (Å²) < 4.78 is 37.8. The van der Waals surface area contributed by atoms with Crippen molar-refractivity contribution >= 4 is 16.1 Å². The Labute approximate surface area is 183 Å². The minimum absolute atomic E-state index is 0.140. The number of sulfonamides is 1. The zero-order chi connectivity index (χ0) is 22.4. The molecule has 31 heavy (non-hydrogen) atoms. The number of carbonyl (C=O) groups is 1. The molecule has 1 aliphatic heterocycles. The number of carbonyl (C=O) groups excluding carboxylic acids is 1. The summed E-state index contributed by atoms with van der Waals surface area (Å²) in [6.07, 6.45) is 0.751. The second-order valence-corrected chi connectivity index (χ2v) is 9.32. The number of piperazine rings is 1. The normalized spacial score (nSPS) is 14.9. The second-order valence-electron chi connectivity index (χ2n) is 7.38. The Kier molecular flexibility index (Phi) is 7.40. The molecule has 0 aromatic heterocycles. The number of hydrogen-bond donors (Lipinski definition) is 1. The molecule has 1 aliphatic rings. The van der Waals surface area contributed by atoms with Crippen LogP contribution in [0.4, 0.5) is 4.79 Å². The molecule has 168 valence electrons. The monoisotopic (exact) mass is 447 g/mol. The summed E-state index contributed by atoms with van der Waals surface area (Å²) in [7, 11) is -0.726. The second kappa shape index (κ2) is 10.0. The summed E-state index contributed by atoms with van der Waals surface area (Å²) in [5, 5.41) is 2.92. The largest absolute Gasteiger partial charge is 0.493 e. The molecule has 0 aliphatic carbocycles. The van der Waals surface area contributed by atoms with Crippen LogP contribution < -0.4 is 14.8 Å². The maximum atomic E-state index is 13.0. The van der Waals surface area contributed by atoms with Crippen molar-refractivity contribution in [2.45, 2.75) is 18.2 Å². The lowest BCUT2D eigenvalue weighted by Crippen LogP contribution is -2.53. The Hall–Kier alpha value is -2.78. The molecule has 0 radical (unpaired) electrons. The van der Waals surface area contributed by atoms with Crippen LogP contribution in [0.3, 0.4) is 0 Å². The van der Waals surface area contributed by atoms with E-state index in [1.165, 1.54) is 41.8 Å². The van der Waals surface area contributed by atoms with Crippen LogP contribution in [-0.4, -0.2) is 70.6 Å². The van der Waals surface area contributed by atoms with Gasteiger partial charge in [0, 0.05) is 38.8 Å². The highest BCUT2D eigenvalue weighted by atomic mass is 32.2. The summed E-state index contributed by atoms with van der Waals surface area (Å²) >= 11 is 0. The molecule has 2 aromatic rings. The van der Waals surface area contributed by atoms with Crippen molar-refractivity contribution in [2.75, 3.05) is 46.9 Å². The van der Waals surface area contributed by atoms with Gasteiger partial charge in [-0.2, -0.15) is 4.31 Å². The number of nitrogens with zero attached hydrogens (tertiary/aromatic N) is 2. The summed E-state index contributed by atoms with van der Waals surface area (Å²) in [5.74, 6) is 0.823. The minimum atomic E-state index is -3.69. The Morgan fingerprint density at radius 2 is 1.71 bits per heavy atom. The van der Waals surface area contributed by atoms with Crippen LogP contribution in [0.25, 0.3) is 0 Å². The molecule has 1 heterocycles. The molecule has 0 unspecified atom stereocenters. The van der Waals surface area contributed by atoms with Gasteiger partial charge in [-0.05, 0) is 31.0 Å². The molecule has 8 nitrogen and oxygen atoms in total. The van der Waals surface area contributed by atoms with Gasteiger partial charge in [-0.1, -0.05) is 29.8 Å². The lowest BCUT2D eigenvalue weighted by atomic mass is 10.1. The predicted octanol–water partition coefficient (Wildman–Crippen LogP) is 2.27. The number of nitrogens with one attached hydrogen (secondary N) is 1. The zero-order valence-corrected chi connectivity index (χ0v) is 18.9. The fourth-order valence-electron chi connectivity index (χ4n) is 3.55. The molecule has 0 saturated carbocycles. The van der Waals surface area contributed by atoms with E-state index in [4.69, 9.17) is 9.47 Å². The first-order chi connectivity index (χ1) is 14.8. The standard InChI is InChI=1S/C22H29N3O5S/c1-17-5-4-6-18(15-17)9-10-23-22(26)24-11-13-25(14-12-24)31(27,28)19-7-8-20(29-2)21(16-19)30-3/h4-8,15-16H,9-14H2,1-3H3,(H,23,26). The van der Waals surface area contributed by atoms with E-state index >= 15 is 0 Å². The van der Waals surface area contributed by atoms with Gasteiger partial charge >= 0.3 is 6.03 Å². The minimum Gasteiger partial charge on any atom is -0.493 e. The van der Waals surface area contributed by atoms with Crippen LogP contribution >= 0.6 is 0 Å². The molecule has 0 spiro atoms. The Morgan fingerprint density at radius 3 is 2.35 bits per heavy atom. The third-order valence-electron chi connectivity index (χ3n) is 5.29. The SMILES string of the molecule is COc1ccc(S(=O)(=O)N2CCN(C(=O)NCCc3cccc(C)c3)CC2)cc1OC. The van der Waals surface area contributed by atoms with E-state index in [1.807, 2.05) is 25.1 Å². The average Bonchev–Trinajstić information content (AvgIpc) is 2.78. The fraction of sp³-hybridized carbons (Fsp3) is 0.409. The van der Waals surface area contributed by atoms with Crippen LogP contribution in [0, 0.1) is 6.92 Å². The first-order valence-electron chi connectivity index (χ1n) is 10.2. The van der Waals surface area contributed by atoms with Crippen molar-refractivity contribution in [3.05, 3.63) is 53.6 Å². The van der Waals surface area contributed by atoms with Gasteiger partial charge in [-0.3, -0.25) is 0 Å². The van der Waals surface area contributed by atoms with Gasteiger partial charge in [-0.25, -0.2) is 13.2 Å². The zero-order valence-electron chi connectivity index (χ0n) is 18.1. The van der Waals surface area contributed by atoms with Crippen LogP contribution in [0.1, 0.15) is 11.1 Å². The molecule has 2 aromatic carbocycles. The van der Waals surface area contributed by atoms with E-state index in [0.717, 1.165) is 6.42 Å². The van der Waals surface area contributed by atoms with Crippen LogP contribution in [0.15, 0.2) is 47.4 Å². The molecular weight excluding hydrogens is 418 g/mol. The quantitative estimate of drug-likeness (QED) is 0.704. The van der Waals surface area contributed by atoms with Gasteiger partial charge in [0.1, 0.15) is 0 Å². The van der Waals surface area contributed by atoms with E-state index in [1.54, 1.807) is 11.0 Å². The van der Waals surface area contributed by atoms with E-state index in [0.29, 0.717) is 31.1 Å². The number of methoxy groups -OCH3 is 2. The maximum absolute atomic E-state index is 13.0. The molecule has 0 bridgehead atoms. The maximum Gasteiger partial charge on any atom is 0.317 e. The van der Waals surface area contributed by atoms with Gasteiger partial charge in [0.2, 0.25) is 10.0 Å². The van der Waals surface area contributed by atoms with Gasteiger partial charge in [0.15, 0.2) is 11.5 Å². The van der Waals surface area contributed by atoms with Crippen molar-refractivity contribution in [1.29, 1.82) is 0 Å². The van der Waals surface area contributed by atoms with Crippen molar-refractivity contribution in [3.63, 3.8) is 0 Å². The van der Waals surface area contributed by atoms with Crippen LogP contribution in [-0.2, 0) is 16.4 Å². The molecule has 2 amide bonds. The first-order valence-corrected chi connectivity index (χ1v) is 11.6. The third kappa shape index (κ3) is 5.48. The molecule has 1 saturated heterocycles. The Bertz CT molecular complexity index is 1020. The third-order valence-corrected chi connectivity index (χ3v) is 7.19. The Balaban J connectivity index is 1.54. The van der Waals surface area contributed by atoms with E-state index in [2.05, 4.69) is 11.4 Å². The van der Waals surface area contributed by atoms with Crippen molar-refractivity contribution in [3.8, 4) is 11.5 Å². The summed E-state index contributed by atoms with van der Waals surface area (Å²) in [6.45, 7) is 3.72. The van der Waals surface area contributed by atoms with Crippen molar-refractivity contribution in [1.82, 2.24) is 14.5 Å². The van der Waals surface area contributed by atoms with Crippen molar-refractivity contribution < 1.29 is 22.7 Å². The van der Waals surface area contributed by atoms with Gasteiger partial charge in [0.25, 0.3) is 0 Å². The number of ether oxygens (including phenoxy) is 2. The van der Waals surface area contributed by atoms with Crippen molar-refractivity contribution in [2.24, 2.45) is 0 Å². The van der Waals surface area contributed by atoms with E-state index < -0.39 is 10.0 Å². The van der Waals surface area contributed by atoms with Crippen LogP contribution in [0.2, 0.25) is 0 Å². The number of amides is 2. The highest BCUT2D eigenvalue weighted by molar-refractivity contribution is 7.89. The smallest absolute Gasteiger partial charge is 0.317 e. The number of urea groups is 1. The lowest BCUT2D eigenvalue weighted by Gasteiger charge is -2.34. The molecule has 9 heteroatoms. The average molecular weight is 448 g/mol. The number of aryl methyl sites for hydroxylation is 1. The topological polar surface area (TPSA) is 88.2 Å². The fourth-order valence-corrected chi connectivity index (χ4v) is 4.99. The van der Waals surface area contributed by atoms with Crippen LogP contribution in [0.5, 0.6) is 11.5 Å². The number of benzene rings is 2. The predicted molar refractivity (Wildman–Crippen MR) is 118 cm³/mol. The molecule has 3 rings (SSSR count). The van der Waals surface area contributed by atoms with E-state index in [9.17, 15) is 13.2 Å².